The van der Waals surface area contributed by atoms with Crippen molar-refractivity contribution < 1.29 is 4.42 Å². The molecule has 0 radical (unpaired) electrons. The summed E-state index contributed by atoms with van der Waals surface area (Å²) >= 11 is 0. The van der Waals surface area contributed by atoms with Crippen LogP contribution < -0.4 is 0 Å². The van der Waals surface area contributed by atoms with Gasteiger partial charge in [0.2, 0.25) is 0 Å². The molecule has 0 saturated carbocycles. The number of benzene rings is 11. The lowest BCUT2D eigenvalue weighted by molar-refractivity contribution is 0.668. The van der Waals surface area contributed by atoms with Crippen LogP contribution >= 0.6 is 0 Å². The minimum absolute atomic E-state index is 0.213. The van der Waals surface area contributed by atoms with Crippen LogP contribution in [0.25, 0.3) is 120 Å². The molecule has 1 aliphatic rings. The molecule has 0 fully saturated rings. The van der Waals surface area contributed by atoms with Crippen LogP contribution in [0, 0.1) is 0 Å². The van der Waals surface area contributed by atoms with Crippen LogP contribution in [0.5, 0.6) is 0 Å². The lowest BCUT2D eigenvalue weighted by Crippen LogP contribution is -2.17. The van der Waals surface area contributed by atoms with Crippen molar-refractivity contribution >= 4 is 75.8 Å². The molecule has 280 valence electrons. The highest BCUT2D eigenvalue weighted by molar-refractivity contribution is 6.24. The highest BCUT2D eigenvalue weighted by Gasteiger charge is 2.40. The Labute approximate surface area is 347 Å². The van der Waals surface area contributed by atoms with Crippen molar-refractivity contribution in [1.82, 2.24) is 0 Å². The molecule has 60 heavy (non-hydrogen) atoms. The van der Waals surface area contributed by atoms with Crippen LogP contribution in [-0.4, -0.2) is 0 Å². The van der Waals surface area contributed by atoms with E-state index in [9.17, 15) is 0 Å². The molecule has 0 amide bonds. The molecule has 1 heteroatoms. The molecule has 0 aliphatic heterocycles. The molecule has 13 rings (SSSR count). The predicted octanol–water partition coefficient (Wildman–Crippen LogP) is 16.7. The van der Waals surface area contributed by atoms with E-state index in [2.05, 4.69) is 208 Å². The molecule has 1 aromatic heterocycles. The Morgan fingerprint density at radius 2 is 0.817 bits per heavy atom. The van der Waals surface area contributed by atoms with Crippen molar-refractivity contribution in [2.45, 2.75) is 19.3 Å². The molecule has 0 unspecified atom stereocenters. The van der Waals surface area contributed by atoms with E-state index in [0.717, 1.165) is 16.6 Å². The van der Waals surface area contributed by atoms with Crippen LogP contribution in [-0.2, 0) is 5.41 Å². The van der Waals surface area contributed by atoms with Gasteiger partial charge in [-0.05, 0) is 134 Å². The highest BCUT2D eigenvalue weighted by Crippen LogP contribution is 2.57. The number of rotatable bonds is 3. The van der Waals surface area contributed by atoms with E-state index in [0.29, 0.717) is 0 Å². The minimum Gasteiger partial charge on any atom is -0.456 e. The summed E-state index contributed by atoms with van der Waals surface area (Å²) in [5.74, 6) is 0. The summed E-state index contributed by atoms with van der Waals surface area (Å²) in [4.78, 5) is 0. The molecule has 0 bridgehead atoms. The largest absolute Gasteiger partial charge is 0.456 e. The van der Waals surface area contributed by atoms with Gasteiger partial charge in [-0.2, -0.15) is 0 Å². The van der Waals surface area contributed by atoms with E-state index in [1.807, 2.05) is 0 Å². The fraction of sp³-hybridized carbons (Fsp3) is 0.0508. The molecule has 1 aliphatic carbocycles. The van der Waals surface area contributed by atoms with Crippen LogP contribution in [0.3, 0.4) is 0 Å². The summed E-state index contributed by atoms with van der Waals surface area (Å²) < 4.78 is 6.45. The molecule has 0 N–H and O–H groups in total. The number of fused-ring (bicyclic) bond motifs is 15. The van der Waals surface area contributed by atoms with Crippen molar-refractivity contribution in [3.05, 3.63) is 205 Å². The lowest BCUT2D eigenvalue weighted by atomic mass is 9.76. The van der Waals surface area contributed by atoms with Gasteiger partial charge in [0.05, 0.1) is 0 Å². The Kier molecular flexibility index (Phi) is 6.85. The molecular formula is C59H38O. The summed E-state index contributed by atoms with van der Waals surface area (Å²) in [6.45, 7) is 4.86. The third-order valence-electron chi connectivity index (χ3n) is 13.6. The van der Waals surface area contributed by atoms with Gasteiger partial charge < -0.3 is 4.42 Å². The Hall–Kier alpha value is -7.48. The van der Waals surface area contributed by atoms with Crippen molar-refractivity contribution in [2.24, 2.45) is 0 Å². The van der Waals surface area contributed by atoms with Crippen molar-refractivity contribution in [3.63, 3.8) is 0 Å². The van der Waals surface area contributed by atoms with Gasteiger partial charge in [-0.3, -0.25) is 0 Å². The van der Waals surface area contributed by atoms with Gasteiger partial charge in [0.1, 0.15) is 11.2 Å². The zero-order valence-electron chi connectivity index (χ0n) is 33.4. The SMILES string of the molecule is CC1(C)c2c(-c3cccc(-c4c5ccccc5c(-c5ccc6oc7ccc8ccccc8c7c6c5)c5ccccc45)c3)cccc2-c2c1c1ccccc1c1ccccc21. The Balaban J connectivity index is 1.03. The van der Waals surface area contributed by atoms with Crippen molar-refractivity contribution in [1.29, 1.82) is 0 Å². The zero-order chi connectivity index (χ0) is 39.7. The van der Waals surface area contributed by atoms with Gasteiger partial charge in [0, 0.05) is 16.2 Å². The van der Waals surface area contributed by atoms with E-state index in [4.69, 9.17) is 4.42 Å². The maximum atomic E-state index is 6.45. The van der Waals surface area contributed by atoms with E-state index in [1.165, 1.54) is 115 Å². The predicted molar refractivity (Wildman–Crippen MR) is 255 cm³/mol. The van der Waals surface area contributed by atoms with Gasteiger partial charge in [-0.1, -0.05) is 184 Å². The van der Waals surface area contributed by atoms with Gasteiger partial charge in [-0.25, -0.2) is 0 Å². The van der Waals surface area contributed by atoms with Crippen LogP contribution in [0.4, 0.5) is 0 Å². The van der Waals surface area contributed by atoms with Gasteiger partial charge in [0.25, 0.3) is 0 Å². The molecule has 12 aromatic rings. The molecule has 1 heterocycles. The normalized spacial score (nSPS) is 13.3. The van der Waals surface area contributed by atoms with Crippen LogP contribution in [0.1, 0.15) is 25.0 Å². The summed E-state index contributed by atoms with van der Waals surface area (Å²) in [5.41, 5.74) is 14.6. The van der Waals surface area contributed by atoms with E-state index in [1.54, 1.807) is 0 Å². The second-order valence-electron chi connectivity index (χ2n) is 17.1. The first-order valence-electron chi connectivity index (χ1n) is 21.0. The van der Waals surface area contributed by atoms with E-state index in [-0.39, 0.29) is 5.41 Å². The Morgan fingerprint density at radius 1 is 0.317 bits per heavy atom. The van der Waals surface area contributed by atoms with E-state index >= 15 is 0 Å². The van der Waals surface area contributed by atoms with Gasteiger partial charge in [0.15, 0.2) is 0 Å². The second kappa shape index (κ2) is 12.3. The summed E-state index contributed by atoms with van der Waals surface area (Å²) in [7, 11) is 0. The Morgan fingerprint density at radius 3 is 1.50 bits per heavy atom. The first-order chi connectivity index (χ1) is 29.5. The zero-order valence-corrected chi connectivity index (χ0v) is 33.4. The topological polar surface area (TPSA) is 13.1 Å². The number of furan rings is 1. The lowest BCUT2D eigenvalue weighted by Gasteiger charge is -2.26. The summed E-state index contributed by atoms with van der Waals surface area (Å²) in [5, 5.41) is 15.0. The van der Waals surface area contributed by atoms with Gasteiger partial charge in [-0.15, -0.1) is 0 Å². The van der Waals surface area contributed by atoms with E-state index < -0.39 is 0 Å². The summed E-state index contributed by atoms with van der Waals surface area (Å²) in [6, 6.07) is 71.8. The molecule has 0 spiro atoms. The fourth-order valence-corrected chi connectivity index (χ4v) is 11.2. The number of hydrogen-bond donors (Lipinski definition) is 0. The maximum absolute atomic E-state index is 6.45. The second-order valence-corrected chi connectivity index (χ2v) is 17.1. The fourth-order valence-electron chi connectivity index (χ4n) is 11.2. The highest BCUT2D eigenvalue weighted by atomic mass is 16.3. The third-order valence-corrected chi connectivity index (χ3v) is 13.6. The minimum atomic E-state index is -0.213. The quantitative estimate of drug-likeness (QED) is 0.129. The molecule has 11 aromatic carbocycles. The monoisotopic (exact) mass is 762 g/mol. The van der Waals surface area contributed by atoms with Gasteiger partial charge >= 0.3 is 0 Å². The van der Waals surface area contributed by atoms with Crippen LogP contribution in [0.15, 0.2) is 199 Å². The Bertz CT molecular complexity index is 3750. The average molecular weight is 763 g/mol. The third kappa shape index (κ3) is 4.52. The van der Waals surface area contributed by atoms with Crippen molar-refractivity contribution in [3.8, 4) is 44.5 Å². The summed E-state index contributed by atoms with van der Waals surface area (Å²) in [6.07, 6.45) is 0. The molecular weight excluding hydrogens is 725 g/mol. The molecule has 0 atom stereocenters. The first-order valence-corrected chi connectivity index (χ1v) is 21.0. The average Bonchev–Trinajstić information content (AvgIpc) is 3.80. The first kappa shape index (κ1) is 33.5. The standard InChI is InChI=1S/C59H38O/c1-59(2)57-40(27-14-28-49(57)56-43-21-7-5-19-41(43)42-20-6-12-26-48(42)58(56)59)36-16-13-17-37(33-36)53-44-22-8-10-24-46(44)54(47-25-11-9-23-45(47)53)38-30-31-51-50(34-38)55-39-18-4-3-15-35(39)29-32-52(55)60-51/h3-34H,1-2H3. The van der Waals surface area contributed by atoms with Crippen LogP contribution in [0.2, 0.25) is 0 Å². The number of hydrogen-bond acceptors (Lipinski definition) is 1. The maximum Gasteiger partial charge on any atom is 0.136 e. The molecule has 1 nitrogen and oxygen atoms in total. The smallest absolute Gasteiger partial charge is 0.136 e. The van der Waals surface area contributed by atoms with Crippen molar-refractivity contribution in [2.75, 3.05) is 0 Å². The molecule has 0 saturated heterocycles.